The molecule has 4 nitrogen and oxygen atoms in total. The molecule has 1 aliphatic rings. The van der Waals surface area contributed by atoms with Crippen molar-refractivity contribution in [3.8, 4) is 0 Å². The molecule has 1 amide bonds. The Morgan fingerprint density at radius 2 is 1.86 bits per heavy atom. The van der Waals surface area contributed by atoms with Gasteiger partial charge in [-0.1, -0.05) is 30.3 Å². The average Bonchev–Trinajstić information content (AvgIpc) is 3.08. The number of aromatic nitrogens is 1. The van der Waals surface area contributed by atoms with E-state index in [1.54, 1.807) is 18.3 Å². The lowest BCUT2D eigenvalue weighted by atomic mass is 9.83. The summed E-state index contributed by atoms with van der Waals surface area (Å²) >= 11 is 0. The van der Waals surface area contributed by atoms with Crippen LogP contribution in [0.2, 0.25) is 0 Å². The molecule has 1 heterocycles. The van der Waals surface area contributed by atoms with E-state index in [1.165, 1.54) is 5.56 Å². The Balaban J connectivity index is 1.54. The van der Waals surface area contributed by atoms with Crippen molar-refractivity contribution in [2.45, 2.75) is 31.6 Å². The van der Waals surface area contributed by atoms with E-state index in [0.29, 0.717) is 11.6 Å². The van der Waals surface area contributed by atoms with Gasteiger partial charge in [0.2, 0.25) is 0 Å². The number of nitrogens with zero attached hydrogens (tertiary/aromatic N) is 1. The second-order valence-electron chi connectivity index (χ2n) is 5.39. The molecule has 1 saturated carbocycles. The molecule has 0 bridgehead atoms. The van der Waals surface area contributed by atoms with Crippen molar-refractivity contribution in [1.82, 2.24) is 10.4 Å². The molecule has 1 aromatic heterocycles. The lowest BCUT2D eigenvalue weighted by molar-refractivity contribution is 0.0950. The number of carbonyl (C=O) groups excluding carboxylic acids is 1. The Bertz CT molecular complexity index is 607. The van der Waals surface area contributed by atoms with Gasteiger partial charge in [0.05, 0.1) is 0 Å². The van der Waals surface area contributed by atoms with Crippen molar-refractivity contribution in [3.05, 3.63) is 59.9 Å². The summed E-state index contributed by atoms with van der Waals surface area (Å²) < 4.78 is 0. The van der Waals surface area contributed by atoms with Crippen molar-refractivity contribution in [2.24, 2.45) is 5.10 Å². The van der Waals surface area contributed by atoms with E-state index in [0.717, 1.165) is 31.4 Å². The van der Waals surface area contributed by atoms with Crippen molar-refractivity contribution < 1.29 is 4.79 Å². The Hall–Kier alpha value is -2.36. The van der Waals surface area contributed by atoms with Gasteiger partial charge in [-0.2, -0.15) is 5.10 Å². The van der Waals surface area contributed by atoms with Crippen LogP contribution in [0.3, 0.4) is 0 Å². The molecule has 3 rings (SSSR count). The first kappa shape index (κ1) is 13.6. The van der Waals surface area contributed by atoms with Crippen LogP contribution in [0, 0.1) is 0 Å². The van der Waals surface area contributed by atoms with Gasteiger partial charge in [0.1, 0.15) is 5.69 Å². The predicted molar refractivity (Wildman–Crippen MR) is 83.3 cm³/mol. The monoisotopic (exact) mass is 281 g/mol. The van der Waals surface area contributed by atoms with Crippen LogP contribution in [0.5, 0.6) is 0 Å². The molecular weight excluding hydrogens is 262 g/mol. The highest BCUT2D eigenvalue weighted by Crippen LogP contribution is 2.31. The second-order valence-corrected chi connectivity index (χ2v) is 5.39. The van der Waals surface area contributed by atoms with Crippen molar-refractivity contribution in [3.63, 3.8) is 0 Å². The van der Waals surface area contributed by atoms with Crippen molar-refractivity contribution >= 4 is 11.6 Å². The van der Waals surface area contributed by atoms with Crippen LogP contribution in [0.1, 0.15) is 47.7 Å². The third-order valence-electron chi connectivity index (χ3n) is 3.99. The second kappa shape index (κ2) is 6.39. The smallest absolute Gasteiger partial charge is 0.287 e. The summed E-state index contributed by atoms with van der Waals surface area (Å²) in [6.45, 7) is 0. The lowest BCUT2D eigenvalue weighted by Gasteiger charge is -2.23. The molecule has 0 spiro atoms. The van der Waals surface area contributed by atoms with Crippen LogP contribution in [-0.2, 0) is 0 Å². The van der Waals surface area contributed by atoms with Gasteiger partial charge in [-0.05, 0) is 49.3 Å². The summed E-state index contributed by atoms with van der Waals surface area (Å²) in [4.78, 5) is 14.7. The largest absolute Gasteiger partial charge is 0.357 e. The Labute approximate surface area is 124 Å². The molecule has 0 unspecified atom stereocenters. The average molecular weight is 281 g/mol. The predicted octanol–water partition coefficient (Wildman–Crippen LogP) is 3.46. The number of H-pyrrole nitrogens is 1. The molecule has 1 aromatic carbocycles. The topological polar surface area (TPSA) is 57.2 Å². The first-order valence-corrected chi connectivity index (χ1v) is 7.37. The molecule has 21 heavy (non-hydrogen) atoms. The van der Waals surface area contributed by atoms with Gasteiger partial charge in [0, 0.05) is 11.9 Å². The van der Waals surface area contributed by atoms with Crippen LogP contribution in [0.25, 0.3) is 0 Å². The van der Waals surface area contributed by atoms with Gasteiger partial charge in [0.25, 0.3) is 5.91 Å². The number of benzene rings is 1. The van der Waals surface area contributed by atoms with Crippen LogP contribution in [0.15, 0.2) is 53.8 Å². The number of hydrogen-bond acceptors (Lipinski definition) is 2. The van der Waals surface area contributed by atoms with Crippen LogP contribution in [0.4, 0.5) is 0 Å². The number of carbonyl (C=O) groups is 1. The van der Waals surface area contributed by atoms with E-state index < -0.39 is 0 Å². The van der Waals surface area contributed by atoms with Crippen LogP contribution >= 0.6 is 0 Å². The third-order valence-corrected chi connectivity index (χ3v) is 3.99. The minimum Gasteiger partial charge on any atom is -0.357 e. The molecule has 1 aliphatic carbocycles. The standard InChI is InChI=1S/C17H19N3O/c21-17(16-7-4-12-18-16)20-19-15-10-8-14(9-11-15)13-5-2-1-3-6-13/h1-7,12,14,18H,8-11H2,(H,20,21). The lowest BCUT2D eigenvalue weighted by Crippen LogP contribution is -2.22. The molecule has 0 saturated heterocycles. The maximum Gasteiger partial charge on any atom is 0.287 e. The van der Waals surface area contributed by atoms with Gasteiger partial charge in [-0.3, -0.25) is 4.79 Å². The number of hydrogen-bond donors (Lipinski definition) is 2. The number of amides is 1. The number of hydrazone groups is 1. The summed E-state index contributed by atoms with van der Waals surface area (Å²) in [5.74, 6) is 0.432. The Morgan fingerprint density at radius 3 is 2.52 bits per heavy atom. The van der Waals surface area contributed by atoms with Gasteiger partial charge in [0.15, 0.2) is 0 Å². The van der Waals surface area contributed by atoms with Crippen LogP contribution < -0.4 is 5.43 Å². The zero-order chi connectivity index (χ0) is 14.5. The highest BCUT2D eigenvalue weighted by atomic mass is 16.2. The van der Waals surface area contributed by atoms with Gasteiger partial charge < -0.3 is 4.98 Å². The highest BCUT2D eigenvalue weighted by Gasteiger charge is 2.19. The summed E-state index contributed by atoms with van der Waals surface area (Å²) in [7, 11) is 0. The quantitative estimate of drug-likeness (QED) is 0.832. The normalized spacial score (nSPS) is 18.3. The zero-order valence-corrected chi connectivity index (χ0v) is 11.9. The first-order valence-electron chi connectivity index (χ1n) is 7.37. The molecule has 2 aromatic rings. The molecule has 108 valence electrons. The van der Waals surface area contributed by atoms with Crippen molar-refractivity contribution in [1.29, 1.82) is 0 Å². The SMILES string of the molecule is O=C(NN=C1CCC(c2ccccc2)CC1)c1ccc[nH]1. The molecule has 2 N–H and O–H groups in total. The van der Waals surface area contributed by atoms with Gasteiger partial charge in [-0.25, -0.2) is 5.43 Å². The van der Waals surface area contributed by atoms with Crippen molar-refractivity contribution in [2.75, 3.05) is 0 Å². The van der Waals surface area contributed by atoms with E-state index in [1.807, 2.05) is 0 Å². The maximum atomic E-state index is 11.8. The van der Waals surface area contributed by atoms with E-state index in [9.17, 15) is 4.79 Å². The van der Waals surface area contributed by atoms with E-state index >= 15 is 0 Å². The number of aromatic amines is 1. The molecule has 0 radical (unpaired) electrons. The summed E-state index contributed by atoms with van der Waals surface area (Å²) in [6, 6.07) is 14.2. The summed E-state index contributed by atoms with van der Waals surface area (Å²) in [5.41, 5.74) is 5.66. The maximum absolute atomic E-state index is 11.8. The first-order chi connectivity index (χ1) is 10.3. The zero-order valence-electron chi connectivity index (χ0n) is 11.9. The van der Waals surface area contributed by atoms with Gasteiger partial charge >= 0.3 is 0 Å². The third kappa shape index (κ3) is 3.40. The molecule has 4 heteroatoms. The fraction of sp³-hybridized carbons (Fsp3) is 0.294. The van der Waals surface area contributed by atoms with Gasteiger partial charge in [-0.15, -0.1) is 0 Å². The van der Waals surface area contributed by atoms with E-state index in [2.05, 4.69) is 45.8 Å². The molecular formula is C17H19N3O. The minimum absolute atomic E-state index is 0.183. The fourth-order valence-corrected chi connectivity index (χ4v) is 2.78. The molecule has 1 fully saturated rings. The van der Waals surface area contributed by atoms with Crippen LogP contribution in [-0.4, -0.2) is 16.6 Å². The summed E-state index contributed by atoms with van der Waals surface area (Å²) in [5, 5.41) is 4.26. The number of nitrogens with one attached hydrogen (secondary N) is 2. The number of rotatable bonds is 3. The fourth-order valence-electron chi connectivity index (χ4n) is 2.78. The molecule has 0 aliphatic heterocycles. The molecule has 0 atom stereocenters. The Morgan fingerprint density at radius 1 is 1.10 bits per heavy atom. The highest BCUT2D eigenvalue weighted by molar-refractivity contribution is 5.94. The summed E-state index contributed by atoms with van der Waals surface area (Å²) in [6.07, 6.45) is 5.82. The minimum atomic E-state index is -0.183. The van der Waals surface area contributed by atoms with E-state index in [-0.39, 0.29) is 5.91 Å². The van der Waals surface area contributed by atoms with E-state index in [4.69, 9.17) is 0 Å². The Kier molecular flexibility index (Phi) is 4.15.